The predicted molar refractivity (Wildman–Crippen MR) is 66.1 cm³/mol. The van der Waals surface area contributed by atoms with Gasteiger partial charge in [0.25, 0.3) is 5.91 Å². The van der Waals surface area contributed by atoms with Crippen LogP contribution in [-0.4, -0.2) is 36.2 Å². The van der Waals surface area contributed by atoms with Crippen molar-refractivity contribution in [2.45, 2.75) is 26.0 Å². The zero-order chi connectivity index (χ0) is 13.7. The van der Waals surface area contributed by atoms with Crippen molar-refractivity contribution in [2.75, 3.05) is 7.11 Å². The fourth-order valence-electron chi connectivity index (χ4n) is 1.43. The first-order valence-electron chi connectivity index (χ1n) is 5.59. The van der Waals surface area contributed by atoms with E-state index in [4.69, 9.17) is 0 Å². The molecule has 0 bridgehead atoms. The van der Waals surface area contributed by atoms with E-state index in [1.165, 1.54) is 14.0 Å². The average Bonchev–Trinajstić information content (AvgIpc) is 2.35. The third-order valence-electron chi connectivity index (χ3n) is 2.54. The first-order valence-corrected chi connectivity index (χ1v) is 5.59. The fraction of sp³-hybridized carbons (Fsp3) is 0.385. The number of aliphatic hydroxyl groups is 1. The van der Waals surface area contributed by atoms with Crippen molar-refractivity contribution < 1.29 is 19.4 Å². The summed E-state index contributed by atoms with van der Waals surface area (Å²) in [6.07, 6.45) is -1.02. The van der Waals surface area contributed by atoms with Crippen molar-refractivity contribution >= 4 is 11.9 Å². The van der Waals surface area contributed by atoms with Gasteiger partial charge in [0.15, 0.2) is 6.04 Å². The van der Waals surface area contributed by atoms with Gasteiger partial charge in [-0.15, -0.1) is 0 Å². The van der Waals surface area contributed by atoms with E-state index in [1.807, 2.05) is 6.92 Å². The molecule has 18 heavy (non-hydrogen) atoms. The Morgan fingerprint density at radius 1 is 1.28 bits per heavy atom. The van der Waals surface area contributed by atoms with Crippen molar-refractivity contribution in [3.8, 4) is 0 Å². The van der Waals surface area contributed by atoms with E-state index in [9.17, 15) is 14.7 Å². The molecule has 5 heteroatoms. The third kappa shape index (κ3) is 3.56. The molecular formula is C13H17NO4. The van der Waals surface area contributed by atoms with Crippen molar-refractivity contribution in [2.24, 2.45) is 0 Å². The lowest BCUT2D eigenvalue weighted by Crippen LogP contribution is -2.48. The van der Waals surface area contributed by atoms with E-state index < -0.39 is 24.0 Å². The number of aryl methyl sites for hydroxylation is 1. The second-order valence-corrected chi connectivity index (χ2v) is 4.08. The maximum Gasteiger partial charge on any atom is 0.331 e. The Labute approximate surface area is 106 Å². The minimum absolute atomic E-state index is 0.425. The number of hydrogen-bond acceptors (Lipinski definition) is 4. The van der Waals surface area contributed by atoms with Crippen molar-refractivity contribution in [3.63, 3.8) is 0 Å². The molecule has 98 valence electrons. The molecule has 1 aromatic rings. The van der Waals surface area contributed by atoms with Gasteiger partial charge in [0.2, 0.25) is 0 Å². The van der Waals surface area contributed by atoms with E-state index in [2.05, 4.69) is 10.1 Å². The number of aliphatic hydroxyl groups excluding tert-OH is 1. The molecule has 0 aliphatic rings. The highest BCUT2D eigenvalue weighted by Crippen LogP contribution is 2.04. The normalized spacial score (nSPS) is 13.6. The Balaban J connectivity index is 2.78. The van der Waals surface area contributed by atoms with Gasteiger partial charge in [0, 0.05) is 5.56 Å². The second-order valence-electron chi connectivity index (χ2n) is 4.08. The molecule has 0 aliphatic carbocycles. The first kappa shape index (κ1) is 14.2. The molecule has 2 atom stereocenters. The minimum atomic E-state index is -1.07. The lowest BCUT2D eigenvalue weighted by atomic mass is 10.1. The lowest BCUT2D eigenvalue weighted by Gasteiger charge is -2.18. The van der Waals surface area contributed by atoms with Crippen LogP contribution in [0.4, 0.5) is 0 Å². The molecule has 0 saturated heterocycles. The highest BCUT2D eigenvalue weighted by Gasteiger charge is 2.26. The van der Waals surface area contributed by atoms with Crippen LogP contribution in [0, 0.1) is 6.92 Å². The monoisotopic (exact) mass is 251 g/mol. The quantitative estimate of drug-likeness (QED) is 0.770. The van der Waals surface area contributed by atoms with Crippen LogP contribution >= 0.6 is 0 Å². The second kappa shape index (κ2) is 6.16. The van der Waals surface area contributed by atoms with Gasteiger partial charge in [-0.3, -0.25) is 4.79 Å². The van der Waals surface area contributed by atoms with Gasteiger partial charge in [-0.1, -0.05) is 17.7 Å². The van der Waals surface area contributed by atoms with Crippen LogP contribution in [0.15, 0.2) is 24.3 Å². The van der Waals surface area contributed by atoms with E-state index >= 15 is 0 Å². The number of rotatable bonds is 4. The van der Waals surface area contributed by atoms with Gasteiger partial charge in [0.05, 0.1) is 13.2 Å². The molecule has 1 rings (SSSR count). The summed E-state index contributed by atoms with van der Waals surface area (Å²) in [4.78, 5) is 23.2. The summed E-state index contributed by atoms with van der Waals surface area (Å²) >= 11 is 0. The van der Waals surface area contributed by atoms with Crippen molar-refractivity contribution in [3.05, 3.63) is 35.4 Å². The van der Waals surface area contributed by atoms with Gasteiger partial charge in [-0.25, -0.2) is 4.79 Å². The van der Waals surface area contributed by atoms with E-state index in [-0.39, 0.29) is 0 Å². The van der Waals surface area contributed by atoms with Crippen LogP contribution < -0.4 is 5.32 Å². The van der Waals surface area contributed by atoms with Gasteiger partial charge in [0.1, 0.15) is 0 Å². The summed E-state index contributed by atoms with van der Waals surface area (Å²) in [5.41, 5.74) is 1.46. The summed E-state index contributed by atoms with van der Waals surface area (Å²) in [5, 5.41) is 11.9. The minimum Gasteiger partial charge on any atom is -0.467 e. The topological polar surface area (TPSA) is 75.6 Å². The number of amides is 1. The number of carbonyl (C=O) groups is 2. The van der Waals surface area contributed by atoms with Crippen LogP contribution in [0.5, 0.6) is 0 Å². The first-order chi connectivity index (χ1) is 8.45. The Morgan fingerprint density at radius 2 is 1.83 bits per heavy atom. The average molecular weight is 251 g/mol. The van der Waals surface area contributed by atoms with E-state index in [1.54, 1.807) is 24.3 Å². The summed E-state index contributed by atoms with van der Waals surface area (Å²) in [7, 11) is 1.20. The fourth-order valence-corrected chi connectivity index (χ4v) is 1.43. The molecule has 0 spiro atoms. The zero-order valence-electron chi connectivity index (χ0n) is 10.6. The molecule has 5 nitrogen and oxygen atoms in total. The van der Waals surface area contributed by atoms with Crippen LogP contribution in [0.1, 0.15) is 22.8 Å². The van der Waals surface area contributed by atoms with Gasteiger partial charge in [-0.05, 0) is 26.0 Å². The number of hydrogen-bond donors (Lipinski definition) is 2. The zero-order valence-corrected chi connectivity index (χ0v) is 10.6. The van der Waals surface area contributed by atoms with Gasteiger partial charge < -0.3 is 15.2 Å². The van der Waals surface area contributed by atoms with Crippen LogP contribution in [0.25, 0.3) is 0 Å². The molecular weight excluding hydrogens is 234 g/mol. The largest absolute Gasteiger partial charge is 0.467 e. The SMILES string of the molecule is COC(=O)C(NC(=O)c1ccc(C)cc1)C(C)O. The summed E-state index contributed by atoms with van der Waals surface area (Å²) in [6, 6.07) is 5.83. The molecule has 0 saturated carbocycles. The Hall–Kier alpha value is -1.88. The summed E-state index contributed by atoms with van der Waals surface area (Å²) in [5.74, 6) is -1.10. The number of carbonyl (C=O) groups excluding carboxylic acids is 2. The van der Waals surface area contributed by atoms with E-state index in [0.29, 0.717) is 5.56 Å². The standard InChI is InChI=1S/C13H17NO4/c1-8-4-6-10(7-5-8)12(16)14-11(9(2)15)13(17)18-3/h4-7,9,11,15H,1-3H3,(H,14,16). The van der Waals surface area contributed by atoms with Gasteiger partial charge >= 0.3 is 5.97 Å². The number of ether oxygens (including phenoxy) is 1. The summed E-state index contributed by atoms with van der Waals surface area (Å²) in [6.45, 7) is 3.33. The third-order valence-corrected chi connectivity index (χ3v) is 2.54. The molecule has 0 aromatic heterocycles. The van der Waals surface area contributed by atoms with Crippen LogP contribution in [-0.2, 0) is 9.53 Å². The Morgan fingerprint density at radius 3 is 2.28 bits per heavy atom. The smallest absolute Gasteiger partial charge is 0.331 e. The molecule has 0 heterocycles. The molecule has 0 radical (unpaired) electrons. The number of methoxy groups -OCH3 is 1. The van der Waals surface area contributed by atoms with Crippen molar-refractivity contribution in [1.82, 2.24) is 5.32 Å². The highest BCUT2D eigenvalue weighted by molar-refractivity contribution is 5.96. The maximum atomic E-state index is 11.9. The van der Waals surface area contributed by atoms with Crippen LogP contribution in [0.2, 0.25) is 0 Å². The van der Waals surface area contributed by atoms with Gasteiger partial charge in [-0.2, -0.15) is 0 Å². The Kier molecular flexibility index (Phi) is 4.85. The molecule has 0 aliphatic heterocycles. The molecule has 1 aromatic carbocycles. The Bertz CT molecular complexity index is 425. The number of nitrogens with one attached hydrogen (secondary N) is 1. The molecule has 2 N–H and O–H groups in total. The maximum absolute atomic E-state index is 11.9. The van der Waals surface area contributed by atoms with E-state index in [0.717, 1.165) is 5.56 Å². The molecule has 2 unspecified atom stereocenters. The molecule has 1 amide bonds. The number of benzene rings is 1. The number of esters is 1. The molecule has 0 fully saturated rings. The lowest BCUT2D eigenvalue weighted by molar-refractivity contribution is -0.145. The predicted octanol–water partition coefficient (Wildman–Crippen LogP) is 0.647. The highest BCUT2D eigenvalue weighted by atomic mass is 16.5. The summed E-state index contributed by atoms with van der Waals surface area (Å²) < 4.78 is 4.52. The van der Waals surface area contributed by atoms with Crippen LogP contribution in [0.3, 0.4) is 0 Å². The van der Waals surface area contributed by atoms with Crippen molar-refractivity contribution in [1.29, 1.82) is 0 Å².